The van der Waals surface area contributed by atoms with Crippen molar-refractivity contribution in [1.29, 1.82) is 0 Å². The molecule has 120 valence electrons. The van der Waals surface area contributed by atoms with Gasteiger partial charge in [0.2, 0.25) is 0 Å². The quantitative estimate of drug-likeness (QED) is 0.736. The van der Waals surface area contributed by atoms with Gasteiger partial charge in [-0.05, 0) is 81.0 Å². The molecule has 1 aromatic rings. The van der Waals surface area contributed by atoms with Gasteiger partial charge in [0.05, 0.1) is 0 Å². The average molecular weight is 308 g/mol. The molecule has 2 rings (SSSR count). The molecule has 0 bridgehead atoms. The Morgan fingerprint density at radius 3 is 2.52 bits per heavy atom. The van der Waals surface area contributed by atoms with E-state index in [1.165, 1.54) is 30.7 Å². The van der Waals surface area contributed by atoms with Crippen molar-refractivity contribution < 1.29 is 0 Å². The van der Waals surface area contributed by atoms with Gasteiger partial charge < -0.3 is 5.32 Å². The van der Waals surface area contributed by atoms with Crippen LogP contribution in [0.2, 0.25) is 0 Å². The highest BCUT2D eigenvalue weighted by Crippen LogP contribution is 2.44. The second-order valence-electron chi connectivity index (χ2n) is 7.68. The van der Waals surface area contributed by atoms with Crippen LogP contribution in [0.4, 0.5) is 0 Å². The van der Waals surface area contributed by atoms with E-state index in [0.717, 1.165) is 36.1 Å². The number of hydrogen-bond acceptors (Lipinski definition) is 2. The Morgan fingerprint density at radius 1 is 1.19 bits per heavy atom. The maximum Gasteiger partial charge on any atom is 0.00823 e. The Bertz CT molecular complexity index is 419. The van der Waals surface area contributed by atoms with Crippen LogP contribution in [-0.4, -0.2) is 13.1 Å². The largest absolute Gasteiger partial charge is 0.316 e. The third-order valence-corrected chi connectivity index (χ3v) is 6.20. The first-order valence-corrected chi connectivity index (χ1v) is 9.56. The first kappa shape index (κ1) is 17.0. The third-order valence-electron chi connectivity index (χ3n) is 5.06. The van der Waals surface area contributed by atoms with Crippen molar-refractivity contribution in [2.45, 2.75) is 59.8 Å². The Hall–Kier alpha value is -0.340. The summed E-state index contributed by atoms with van der Waals surface area (Å²) >= 11 is 2.02. The topological polar surface area (TPSA) is 12.0 Å². The molecule has 0 spiro atoms. The average Bonchev–Trinajstić information content (AvgIpc) is 2.85. The molecule has 0 aliphatic heterocycles. The fourth-order valence-electron chi connectivity index (χ4n) is 3.67. The predicted octanol–water partition coefficient (Wildman–Crippen LogP) is 5.46. The van der Waals surface area contributed by atoms with Crippen molar-refractivity contribution in [3.05, 3.63) is 21.9 Å². The van der Waals surface area contributed by atoms with Gasteiger partial charge in [-0.2, -0.15) is 0 Å². The molecule has 0 amide bonds. The van der Waals surface area contributed by atoms with Crippen molar-refractivity contribution in [2.24, 2.45) is 23.7 Å². The molecular formula is C19H33NS. The summed E-state index contributed by atoms with van der Waals surface area (Å²) in [7, 11) is 0. The Morgan fingerprint density at radius 2 is 1.95 bits per heavy atom. The van der Waals surface area contributed by atoms with E-state index < -0.39 is 0 Å². The predicted molar refractivity (Wildman–Crippen MR) is 95.2 cm³/mol. The maximum atomic E-state index is 3.71. The second-order valence-corrected chi connectivity index (χ2v) is 9.00. The van der Waals surface area contributed by atoms with Gasteiger partial charge in [-0.15, -0.1) is 11.3 Å². The molecule has 1 aliphatic rings. The van der Waals surface area contributed by atoms with Crippen LogP contribution in [0, 0.1) is 30.6 Å². The van der Waals surface area contributed by atoms with Crippen LogP contribution in [-0.2, 0) is 0 Å². The van der Waals surface area contributed by atoms with Gasteiger partial charge in [-0.3, -0.25) is 0 Å². The Kier molecular flexibility index (Phi) is 6.31. The monoisotopic (exact) mass is 307 g/mol. The lowest BCUT2D eigenvalue weighted by Crippen LogP contribution is -2.34. The third kappa shape index (κ3) is 4.82. The van der Waals surface area contributed by atoms with Gasteiger partial charge in [-0.25, -0.2) is 0 Å². The minimum atomic E-state index is 0.749. The summed E-state index contributed by atoms with van der Waals surface area (Å²) in [6.45, 7) is 14.0. The van der Waals surface area contributed by atoms with E-state index in [2.05, 4.69) is 52.1 Å². The highest BCUT2D eigenvalue weighted by Gasteiger charge is 2.33. The molecule has 1 fully saturated rings. The maximum absolute atomic E-state index is 3.71. The van der Waals surface area contributed by atoms with Crippen molar-refractivity contribution in [3.63, 3.8) is 0 Å². The van der Waals surface area contributed by atoms with Crippen LogP contribution in [0.1, 0.15) is 62.6 Å². The molecule has 3 atom stereocenters. The van der Waals surface area contributed by atoms with Gasteiger partial charge in [0.15, 0.2) is 0 Å². The highest BCUT2D eigenvalue weighted by atomic mass is 32.1. The van der Waals surface area contributed by atoms with E-state index in [0.29, 0.717) is 0 Å². The van der Waals surface area contributed by atoms with Crippen LogP contribution < -0.4 is 5.32 Å². The Labute approximate surface area is 135 Å². The summed E-state index contributed by atoms with van der Waals surface area (Å²) in [5, 5.41) is 3.71. The number of aryl methyl sites for hydroxylation is 1. The first-order valence-electron chi connectivity index (χ1n) is 8.74. The molecule has 3 unspecified atom stereocenters. The summed E-state index contributed by atoms with van der Waals surface area (Å²) in [6.07, 6.45) is 4.22. The second kappa shape index (κ2) is 7.78. The van der Waals surface area contributed by atoms with Crippen LogP contribution in [0.25, 0.3) is 0 Å². The lowest BCUT2D eigenvalue weighted by Gasteiger charge is -2.38. The van der Waals surface area contributed by atoms with Crippen LogP contribution in [0.5, 0.6) is 0 Å². The van der Waals surface area contributed by atoms with Gasteiger partial charge in [0, 0.05) is 9.75 Å². The Balaban J connectivity index is 2.03. The molecule has 0 saturated heterocycles. The fourth-order valence-corrected chi connectivity index (χ4v) is 4.76. The summed E-state index contributed by atoms with van der Waals surface area (Å²) < 4.78 is 0. The molecule has 0 aromatic carbocycles. The number of thiophene rings is 1. The molecule has 2 heteroatoms. The molecule has 1 nitrogen and oxygen atoms in total. The summed E-state index contributed by atoms with van der Waals surface area (Å²) in [6, 6.07) is 4.69. The molecule has 1 aromatic heterocycles. The van der Waals surface area contributed by atoms with Crippen LogP contribution in [0.3, 0.4) is 0 Å². The van der Waals surface area contributed by atoms with E-state index in [9.17, 15) is 0 Å². The summed E-state index contributed by atoms with van der Waals surface area (Å²) in [5.41, 5.74) is 0. The van der Waals surface area contributed by atoms with Gasteiger partial charge >= 0.3 is 0 Å². The zero-order valence-corrected chi connectivity index (χ0v) is 15.3. The van der Waals surface area contributed by atoms with Crippen molar-refractivity contribution in [2.75, 3.05) is 13.1 Å². The van der Waals surface area contributed by atoms with Gasteiger partial charge in [-0.1, -0.05) is 27.7 Å². The summed E-state index contributed by atoms with van der Waals surface area (Å²) in [5.74, 6) is 4.11. The highest BCUT2D eigenvalue weighted by molar-refractivity contribution is 7.12. The van der Waals surface area contributed by atoms with Crippen molar-refractivity contribution >= 4 is 11.3 Å². The molecule has 1 N–H and O–H groups in total. The minimum Gasteiger partial charge on any atom is -0.316 e. The molecule has 21 heavy (non-hydrogen) atoms. The van der Waals surface area contributed by atoms with E-state index in [1.54, 1.807) is 4.88 Å². The SMILES string of the molecule is Cc1ccc(C2CC(C(C)C)CCC2CNCC(C)C)s1. The van der Waals surface area contributed by atoms with Crippen LogP contribution in [0.15, 0.2) is 12.1 Å². The molecular weight excluding hydrogens is 274 g/mol. The minimum absolute atomic E-state index is 0.749. The van der Waals surface area contributed by atoms with E-state index in [-0.39, 0.29) is 0 Å². The zero-order chi connectivity index (χ0) is 15.4. The summed E-state index contributed by atoms with van der Waals surface area (Å²) in [4.78, 5) is 3.10. The van der Waals surface area contributed by atoms with E-state index >= 15 is 0 Å². The number of nitrogens with one attached hydrogen (secondary N) is 1. The molecule has 0 radical (unpaired) electrons. The first-order chi connectivity index (χ1) is 9.97. The normalized spacial score (nSPS) is 26.7. The standard InChI is InChI=1S/C19H33NS/c1-13(2)11-20-12-17-8-7-16(14(3)4)10-18(17)19-9-6-15(5)21-19/h6,9,13-14,16-18,20H,7-8,10-12H2,1-5H3. The van der Waals surface area contributed by atoms with Gasteiger partial charge in [0.25, 0.3) is 0 Å². The van der Waals surface area contributed by atoms with Gasteiger partial charge in [0.1, 0.15) is 0 Å². The number of rotatable bonds is 6. The van der Waals surface area contributed by atoms with E-state index in [4.69, 9.17) is 0 Å². The van der Waals surface area contributed by atoms with Crippen molar-refractivity contribution in [3.8, 4) is 0 Å². The zero-order valence-electron chi connectivity index (χ0n) is 14.5. The molecule has 1 saturated carbocycles. The van der Waals surface area contributed by atoms with Crippen molar-refractivity contribution in [1.82, 2.24) is 5.32 Å². The fraction of sp³-hybridized carbons (Fsp3) is 0.789. The molecule has 1 heterocycles. The van der Waals surface area contributed by atoms with E-state index in [1.807, 2.05) is 11.3 Å². The lowest BCUT2D eigenvalue weighted by atomic mass is 9.70. The smallest absolute Gasteiger partial charge is 0.00823 e. The molecule has 1 aliphatic carbocycles. The van der Waals surface area contributed by atoms with Crippen LogP contribution >= 0.6 is 11.3 Å². The number of hydrogen-bond donors (Lipinski definition) is 1. The lowest BCUT2D eigenvalue weighted by molar-refractivity contribution is 0.191.